The summed E-state index contributed by atoms with van der Waals surface area (Å²) in [5.41, 5.74) is 6.69. The number of hydrogen-bond acceptors (Lipinski definition) is 6. The SMILES string of the molecule is NNC(=O)c1cc(-c2ccc(C#Cc3ccc(C(=O)N4CCCC4CC(=O)O)cc3)cc2)nc2ccncc12. The topological polar surface area (TPSA) is 139 Å². The van der Waals surface area contributed by atoms with Crippen molar-refractivity contribution in [3.05, 3.63) is 95.3 Å². The number of benzene rings is 2. The molecule has 5 rings (SSSR count). The minimum Gasteiger partial charge on any atom is -0.481 e. The van der Waals surface area contributed by atoms with E-state index in [0.29, 0.717) is 40.7 Å². The molecule has 3 heterocycles. The van der Waals surface area contributed by atoms with Gasteiger partial charge in [-0.2, -0.15) is 0 Å². The quantitative estimate of drug-likeness (QED) is 0.159. The Morgan fingerprint density at radius 1 is 1.03 bits per heavy atom. The number of aromatic nitrogens is 2. The van der Waals surface area contributed by atoms with Crippen LogP contribution in [-0.2, 0) is 4.79 Å². The van der Waals surface area contributed by atoms with Gasteiger partial charge in [0.1, 0.15) is 0 Å². The van der Waals surface area contributed by atoms with Crippen LogP contribution in [0.3, 0.4) is 0 Å². The van der Waals surface area contributed by atoms with Gasteiger partial charge < -0.3 is 10.0 Å². The Bertz CT molecular complexity index is 1620. The Hall–Kier alpha value is -5.07. The molecule has 1 fully saturated rings. The number of rotatable bonds is 5. The first-order valence-electron chi connectivity index (χ1n) is 12.4. The third-order valence-electron chi connectivity index (χ3n) is 6.70. The summed E-state index contributed by atoms with van der Waals surface area (Å²) in [4.78, 5) is 46.7. The van der Waals surface area contributed by atoms with Gasteiger partial charge in [0, 0.05) is 52.6 Å². The summed E-state index contributed by atoms with van der Waals surface area (Å²) in [7, 11) is 0. The number of nitrogens with zero attached hydrogens (tertiary/aromatic N) is 3. The average Bonchev–Trinajstić information content (AvgIpc) is 3.42. The number of pyridine rings is 2. The molecule has 4 aromatic rings. The van der Waals surface area contributed by atoms with E-state index in [2.05, 4.69) is 27.2 Å². The van der Waals surface area contributed by atoms with Gasteiger partial charge in [-0.3, -0.25) is 24.8 Å². The van der Waals surface area contributed by atoms with E-state index in [1.165, 1.54) is 0 Å². The zero-order valence-electron chi connectivity index (χ0n) is 20.9. The molecule has 194 valence electrons. The highest BCUT2D eigenvalue weighted by Gasteiger charge is 2.30. The second-order valence-electron chi connectivity index (χ2n) is 9.22. The van der Waals surface area contributed by atoms with Crippen molar-refractivity contribution < 1.29 is 19.5 Å². The lowest BCUT2D eigenvalue weighted by molar-refractivity contribution is -0.137. The first-order valence-corrected chi connectivity index (χ1v) is 12.4. The van der Waals surface area contributed by atoms with Crippen molar-refractivity contribution in [2.24, 2.45) is 5.84 Å². The second-order valence-corrected chi connectivity index (χ2v) is 9.22. The van der Waals surface area contributed by atoms with Gasteiger partial charge in [-0.05, 0) is 61.4 Å². The van der Waals surface area contributed by atoms with Crippen LogP contribution in [0.4, 0.5) is 0 Å². The van der Waals surface area contributed by atoms with Crippen molar-refractivity contribution >= 4 is 28.7 Å². The lowest BCUT2D eigenvalue weighted by Crippen LogP contribution is -2.36. The van der Waals surface area contributed by atoms with Crippen molar-refractivity contribution in [3.8, 4) is 23.1 Å². The molecule has 1 aliphatic heterocycles. The van der Waals surface area contributed by atoms with E-state index in [4.69, 9.17) is 10.9 Å². The van der Waals surface area contributed by atoms with E-state index in [1.54, 1.807) is 53.7 Å². The second kappa shape index (κ2) is 11.1. The van der Waals surface area contributed by atoms with Gasteiger partial charge >= 0.3 is 5.97 Å². The lowest BCUT2D eigenvalue weighted by Gasteiger charge is -2.23. The summed E-state index contributed by atoms with van der Waals surface area (Å²) in [5, 5.41) is 9.72. The predicted octanol–water partition coefficient (Wildman–Crippen LogP) is 3.38. The molecule has 1 saturated heterocycles. The van der Waals surface area contributed by atoms with Gasteiger partial charge in [-0.1, -0.05) is 24.0 Å². The van der Waals surface area contributed by atoms with Gasteiger partial charge in [-0.25, -0.2) is 10.8 Å². The number of carbonyl (C=O) groups excluding carboxylic acids is 2. The monoisotopic (exact) mass is 519 g/mol. The highest BCUT2D eigenvalue weighted by atomic mass is 16.4. The van der Waals surface area contributed by atoms with Crippen LogP contribution in [0, 0.1) is 11.8 Å². The van der Waals surface area contributed by atoms with Gasteiger partial charge in [0.05, 0.1) is 23.2 Å². The molecule has 0 saturated carbocycles. The molecule has 1 unspecified atom stereocenters. The molecule has 2 aromatic carbocycles. The van der Waals surface area contributed by atoms with Gasteiger partial charge in [0.25, 0.3) is 11.8 Å². The van der Waals surface area contributed by atoms with Gasteiger partial charge in [0.2, 0.25) is 0 Å². The Morgan fingerprint density at radius 3 is 2.38 bits per heavy atom. The number of carboxylic acids is 1. The Balaban J connectivity index is 1.31. The zero-order valence-corrected chi connectivity index (χ0v) is 20.9. The number of fused-ring (bicyclic) bond motifs is 1. The fourth-order valence-corrected chi connectivity index (χ4v) is 4.73. The van der Waals surface area contributed by atoms with Crippen molar-refractivity contribution in [1.29, 1.82) is 0 Å². The maximum absolute atomic E-state index is 12.9. The number of hydrazine groups is 1. The summed E-state index contributed by atoms with van der Waals surface area (Å²) < 4.78 is 0. The summed E-state index contributed by atoms with van der Waals surface area (Å²) >= 11 is 0. The van der Waals surface area contributed by atoms with Crippen LogP contribution in [0.2, 0.25) is 0 Å². The number of amides is 2. The zero-order chi connectivity index (χ0) is 27.4. The van der Waals surface area contributed by atoms with Crippen LogP contribution < -0.4 is 11.3 Å². The molecule has 0 radical (unpaired) electrons. The molecular formula is C30H25N5O4. The Morgan fingerprint density at radius 2 is 1.72 bits per heavy atom. The van der Waals surface area contributed by atoms with Crippen LogP contribution in [0.5, 0.6) is 0 Å². The molecule has 9 nitrogen and oxygen atoms in total. The highest BCUT2D eigenvalue weighted by Crippen LogP contribution is 2.25. The number of hydrogen-bond donors (Lipinski definition) is 3. The number of likely N-dealkylation sites (tertiary alicyclic amines) is 1. The Kier molecular flexibility index (Phi) is 7.30. The summed E-state index contributed by atoms with van der Waals surface area (Å²) in [5.74, 6) is 10.1. The van der Waals surface area contributed by atoms with Crippen LogP contribution in [0.1, 0.15) is 51.1 Å². The van der Waals surface area contributed by atoms with E-state index in [9.17, 15) is 14.4 Å². The normalized spacial score (nSPS) is 14.5. The molecule has 0 aliphatic carbocycles. The Labute approximate surface area is 224 Å². The minimum absolute atomic E-state index is 0.0350. The first kappa shape index (κ1) is 25.6. The molecule has 4 N–H and O–H groups in total. The maximum Gasteiger partial charge on any atom is 0.305 e. The predicted molar refractivity (Wildman–Crippen MR) is 145 cm³/mol. The molecule has 2 amide bonds. The molecule has 0 bridgehead atoms. The standard InChI is InChI=1S/C30H25N5O4/c31-34-29(38)24-17-27(33-26-13-14-32-18-25(24)26)21-9-5-19(6-10-21)3-4-20-7-11-22(12-8-20)30(39)35-15-1-2-23(35)16-28(36)37/h5-14,17-18,23H,1-2,15-16,31H2,(H,34,38)(H,36,37). The number of carboxylic acid groups (broad SMARTS) is 1. The van der Waals surface area contributed by atoms with E-state index in [-0.39, 0.29) is 18.4 Å². The van der Waals surface area contributed by atoms with E-state index in [0.717, 1.165) is 23.1 Å². The van der Waals surface area contributed by atoms with Gasteiger partial charge in [0.15, 0.2) is 0 Å². The van der Waals surface area contributed by atoms with Crippen LogP contribution in [0.25, 0.3) is 22.2 Å². The van der Waals surface area contributed by atoms with Crippen molar-refractivity contribution in [3.63, 3.8) is 0 Å². The van der Waals surface area contributed by atoms with E-state index in [1.807, 2.05) is 24.3 Å². The molecule has 39 heavy (non-hydrogen) atoms. The van der Waals surface area contributed by atoms with Crippen molar-refractivity contribution in [2.75, 3.05) is 6.54 Å². The molecule has 1 atom stereocenters. The maximum atomic E-state index is 12.9. The largest absolute Gasteiger partial charge is 0.481 e. The van der Waals surface area contributed by atoms with Crippen LogP contribution in [0.15, 0.2) is 73.1 Å². The third-order valence-corrected chi connectivity index (χ3v) is 6.70. The van der Waals surface area contributed by atoms with E-state index >= 15 is 0 Å². The fourth-order valence-electron chi connectivity index (χ4n) is 4.73. The third kappa shape index (κ3) is 5.61. The van der Waals surface area contributed by atoms with Crippen molar-refractivity contribution in [2.45, 2.75) is 25.3 Å². The average molecular weight is 520 g/mol. The number of aliphatic carboxylic acids is 1. The molecular weight excluding hydrogens is 494 g/mol. The molecule has 0 spiro atoms. The summed E-state index contributed by atoms with van der Waals surface area (Å²) in [6.07, 6.45) is 4.68. The molecule has 1 aliphatic rings. The van der Waals surface area contributed by atoms with Crippen LogP contribution in [-0.4, -0.2) is 50.3 Å². The van der Waals surface area contributed by atoms with Gasteiger partial charge in [-0.15, -0.1) is 0 Å². The number of nitrogen functional groups attached to an aromatic ring is 1. The first-order chi connectivity index (χ1) is 18.9. The highest BCUT2D eigenvalue weighted by molar-refractivity contribution is 6.06. The minimum atomic E-state index is -0.895. The summed E-state index contributed by atoms with van der Waals surface area (Å²) in [6, 6.07) is 17.7. The van der Waals surface area contributed by atoms with Crippen molar-refractivity contribution in [1.82, 2.24) is 20.3 Å². The van der Waals surface area contributed by atoms with Crippen LogP contribution >= 0.6 is 0 Å². The number of nitrogens with two attached hydrogens (primary N) is 1. The number of nitrogens with one attached hydrogen (secondary N) is 1. The molecule has 9 heteroatoms. The smallest absolute Gasteiger partial charge is 0.305 e. The summed E-state index contributed by atoms with van der Waals surface area (Å²) in [6.45, 7) is 0.571. The lowest BCUT2D eigenvalue weighted by atomic mass is 10.0. The molecule has 2 aromatic heterocycles. The number of carbonyl (C=O) groups is 3. The van der Waals surface area contributed by atoms with E-state index < -0.39 is 11.9 Å². The fraction of sp³-hybridized carbons (Fsp3) is 0.167.